The van der Waals surface area contributed by atoms with Gasteiger partial charge >= 0.3 is 0 Å². The Balaban J connectivity index is 2.62. The Bertz CT molecular complexity index is 317. The molecule has 0 saturated carbocycles. The molecule has 5 nitrogen and oxygen atoms in total. The highest BCUT2D eigenvalue weighted by Gasteiger charge is 2.32. The Labute approximate surface area is 109 Å². The molecule has 3 atom stereocenters. The van der Waals surface area contributed by atoms with Crippen molar-refractivity contribution in [2.75, 3.05) is 6.54 Å². The van der Waals surface area contributed by atoms with Crippen molar-refractivity contribution in [2.24, 2.45) is 23.3 Å². The SMILES string of the molecule is CC(C)C(N)CC(=O)N1CC(C(N)=O)CCC1C. The normalized spacial score (nSPS) is 26.2. The molecule has 0 aliphatic carbocycles. The van der Waals surface area contributed by atoms with E-state index in [1.165, 1.54) is 0 Å². The van der Waals surface area contributed by atoms with Crippen LogP contribution in [0, 0.1) is 11.8 Å². The van der Waals surface area contributed by atoms with Gasteiger partial charge in [0, 0.05) is 25.0 Å². The number of carbonyl (C=O) groups is 2. The highest BCUT2D eigenvalue weighted by atomic mass is 16.2. The van der Waals surface area contributed by atoms with Gasteiger partial charge in [-0.3, -0.25) is 9.59 Å². The van der Waals surface area contributed by atoms with Crippen LogP contribution in [0.1, 0.15) is 40.0 Å². The summed E-state index contributed by atoms with van der Waals surface area (Å²) < 4.78 is 0. The Morgan fingerprint density at radius 1 is 1.33 bits per heavy atom. The topological polar surface area (TPSA) is 89.4 Å². The molecule has 0 aromatic carbocycles. The van der Waals surface area contributed by atoms with Gasteiger partial charge < -0.3 is 16.4 Å². The number of amides is 2. The zero-order valence-corrected chi connectivity index (χ0v) is 11.6. The summed E-state index contributed by atoms with van der Waals surface area (Å²) in [6.45, 7) is 6.46. The molecular weight excluding hydrogens is 230 g/mol. The van der Waals surface area contributed by atoms with Crippen LogP contribution in [0.3, 0.4) is 0 Å². The maximum Gasteiger partial charge on any atom is 0.224 e. The molecule has 0 aromatic heterocycles. The van der Waals surface area contributed by atoms with E-state index in [2.05, 4.69) is 0 Å². The maximum absolute atomic E-state index is 12.2. The van der Waals surface area contributed by atoms with Crippen LogP contribution in [-0.4, -0.2) is 35.3 Å². The fourth-order valence-electron chi connectivity index (χ4n) is 2.24. The van der Waals surface area contributed by atoms with Crippen LogP contribution in [0.2, 0.25) is 0 Å². The molecule has 1 rings (SSSR count). The van der Waals surface area contributed by atoms with Gasteiger partial charge in [0.25, 0.3) is 0 Å². The molecule has 0 spiro atoms. The third-order valence-electron chi connectivity index (χ3n) is 3.87. The first-order valence-corrected chi connectivity index (χ1v) is 6.67. The Hall–Kier alpha value is -1.10. The fraction of sp³-hybridized carbons (Fsp3) is 0.846. The summed E-state index contributed by atoms with van der Waals surface area (Å²) in [4.78, 5) is 25.2. The minimum absolute atomic E-state index is 0.0367. The highest BCUT2D eigenvalue weighted by molar-refractivity contribution is 5.80. The zero-order valence-electron chi connectivity index (χ0n) is 11.6. The summed E-state index contributed by atoms with van der Waals surface area (Å²) in [5, 5.41) is 0. The summed E-state index contributed by atoms with van der Waals surface area (Å²) in [6.07, 6.45) is 1.94. The molecule has 1 fully saturated rings. The van der Waals surface area contributed by atoms with Crippen molar-refractivity contribution < 1.29 is 9.59 Å². The number of primary amides is 1. The molecule has 1 saturated heterocycles. The number of carbonyl (C=O) groups excluding carboxylic acids is 2. The van der Waals surface area contributed by atoms with Gasteiger partial charge in [0.15, 0.2) is 0 Å². The summed E-state index contributed by atoms with van der Waals surface area (Å²) in [6, 6.07) is 0.0473. The molecule has 3 unspecified atom stereocenters. The highest BCUT2D eigenvalue weighted by Crippen LogP contribution is 2.23. The number of likely N-dealkylation sites (tertiary alicyclic amines) is 1. The van der Waals surface area contributed by atoms with Crippen LogP contribution in [0.25, 0.3) is 0 Å². The van der Waals surface area contributed by atoms with Gasteiger partial charge in [0.1, 0.15) is 0 Å². The number of nitrogens with two attached hydrogens (primary N) is 2. The molecule has 1 heterocycles. The van der Waals surface area contributed by atoms with Crippen LogP contribution in [-0.2, 0) is 9.59 Å². The van der Waals surface area contributed by atoms with E-state index < -0.39 is 0 Å². The van der Waals surface area contributed by atoms with Crippen molar-refractivity contribution in [3.05, 3.63) is 0 Å². The number of rotatable bonds is 4. The van der Waals surface area contributed by atoms with Gasteiger partial charge in [-0.05, 0) is 25.7 Å². The first-order chi connectivity index (χ1) is 8.32. The lowest BCUT2D eigenvalue weighted by atomic mass is 9.92. The second kappa shape index (κ2) is 6.18. The van der Waals surface area contributed by atoms with Crippen molar-refractivity contribution in [3.63, 3.8) is 0 Å². The van der Waals surface area contributed by atoms with Gasteiger partial charge in [0.2, 0.25) is 11.8 Å². The van der Waals surface area contributed by atoms with Crippen molar-refractivity contribution in [3.8, 4) is 0 Å². The van der Waals surface area contributed by atoms with Crippen LogP contribution in [0.4, 0.5) is 0 Å². The van der Waals surface area contributed by atoms with Gasteiger partial charge in [-0.1, -0.05) is 13.8 Å². The van der Waals surface area contributed by atoms with E-state index in [1.54, 1.807) is 4.90 Å². The Kier molecular flexibility index (Phi) is 5.14. The van der Waals surface area contributed by atoms with E-state index in [-0.39, 0.29) is 35.7 Å². The first kappa shape index (κ1) is 15.0. The van der Waals surface area contributed by atoms with Crippen LogP contribution >= 0.6 is 0 Å². The largest absolute Gasteiger partial charge is 0.369 e. The standard InChI is InChI=1S/C13H25N3O2/c1-8(2)11(14)6-12(17)16-7-10(13(15)18)5-4-9(16)3/h8-11H,4-7,14H2,1-3H3,(H2,15,18). The van der Waals surface area contributed by atoms with E-state index in [1.807, 2.05) is 20.8 Å². The predicted molar refractivity (Wildman–Crippen MR) is 70.5 cm³/mol. The van der Waals surface area contributed by atoms with Gasteiger partial charge in [-0.2, -0.15) is 0 Å². The van der Waals surface area contributed by atoms with E-state index in [9.17, 15) is 9.59 Å². The maximum atomic E-state index is 12.2. The van der Waals surface area contributed by atoms with E-state index in [0.717, 1.165) is 12.8 Å². The quantitative estimate of drug-likeness (QED) is 0.765. The minimum Gasteiger partial charge on any atom is -0.369 e. The Morgan fingerprint density at radius 3 is 2.44 bits per heavy atom. The molecule has 2 amide bonds. The van der Waals surface area contributed by atoms with Crippen molar-refractivity contribution >= 4 is 11.8 Å². The summed E-state index contributed by atoms with van der Waals surface area (Å²) in [7, 11) is 0. The monoisotopic (exact) mass is 255 g/mol. The molecule has 0 radical (unpaired) electrons. The van der Waals surface area contributed by atoms with Gasteiger partial charge in [-0.15, -0.1) is 0 Å². The summed E-state index contributed by atoms with van der Waals surface area (Å²) in [5.74, 6) is -0.205. The van der Waals surface area contributed by atoms with E-state index >= 15 is 0 Å². The van der Waals surface area contributed by atoms with Crippen LogP contribution in [0.5, 0.6) is 0 Å². The number of piperidine rings is 1. The van der Waals surface area contributed by atoms with Gasteiger partial charge in [-0.25, -0.2) is 0 Å². The van der Waals surface area contributed by atoms with E-state index in [0.29, 0.717) is 13.0 Å². The lowest BCUT2D eigenvalue weighted by Gasteiger charge is -2.37. The van der Waals surface area contributed by atoms with Gasteiger partial charge in [0.05, 0.1) is 5.92 Å². The number of hydrogen-bond donors (Lipinski definition) is 2. The zero-order chi connectivity index (χ0) is 13.9. The van der Waals surface area contributed by atoms with Crippen molar-refractivity contribution in [1.82, 2.24) is 4.90 Å². The number of hydrogen-bond acceptors (Lipinski definition) is 3. The molecule has 1 aliphatic rings. The molecule has 0 bridgehead atoms. The summed E-state index contributed by atoms with van der Waals surface area (Å²) in [5.41, 5.74) is 11.2. The van der Waals surface area contributed by atoms with Crippen molar-refractivity contribution in [1.29, 1.82) is 0 Å². The third kappa shape index (κ3) is 3.70. The molecule has 4 N–H and O–H groups in total. The predicted octanol–water partition coefficient (Wildman–Crippen LogP) is 0.472. The van der Waals surface area contributed by atoms with Crippen LogP contribution in [0.15, 0.2) is 0 Å². The van der Waals surface area contributed by atoms with Crippen LogP contribution < -0.4 is 11.5 Å². The average molecular weight is 255 g/mol. The Morgan fingerprint density at radius 2 is 1.94 bits per heavy atom. The van der Waals surface area contributed by atoms with Crippen molar-refractivity contribution in [2.45, 2.75) is 52.1 Å². The lowest BCUT2D eigenvalue weighted by Crippen LogP contribution is -2.50. The molecule has 1 aliphatic heterocycles. The first-order valence-electron chi connectivity index (χ1n) is 6.67. The summed E-state index contributed by atoms with van der Waals surface area (Å²) >= 11 is 0. The fourth-order valence-corrected chi connectivity index (χ4v) is 2.24. The smallest absolute Gasteiger partial charge is 0.224 e. The molecule has 18 heavy (non-hydrogen) atoms. The second-order valence-electron chi connectivity index (χ2n) is 5.68. The van der Waals surface area contributed by atoms with E-state index in [4.69, 9.17) is 11.5 Å². The second-order valence-corrected chi connectivity index (χ2v) is 5.68. The lowest BCUT2D eigenvalue weighted by molar-refractivity contribution is -0.138. The minimum atomic E-state index is -0.312. The molecule has 0 aromatic rings. The average Bonchev–Trinajstić information content (AvgIpc) is 2.28. The molecule has 104 valence electrons. The molecule has 5 heteroatoms. The third-order valence-corrected chi connectivity index (χ3v) is 3.87. The molecular formula is C13H25N3O2. The number of nitrogens with zero attached hydrogens (tertiary/aromatic N) is 1.